The molecule has 0 aromatic carbocycles. The van der Waals surface area contributed by atoms with Crippen LogP contribution in [0.25, 0.3) is 0 Å². The van der Waals surface area contributed by atoms with Gasteiger partial charge in [-0.3, -0.25) is 4.57 Å². The molecule has 0 aromatic rings. The molecule has 0 aromatic heterocycles. The molecule has 0 amide bonds. The first-order valence-corrected chi connectivity index (χ1v) is 3.83. The van der Waals surface area contributed by atoms with E-state index in [0.29, 0.717) is 0 Å². The van der Waals surface area contributed by atoms with Crippen molar-refractivity contribution in [1.29, 1.82) is 0 Å². The molecule has 0 radical (unpaired) electrons. The fourth-order valence-electron chi connectivity index (χ4n) is 0. The van der Waals surface area contributed by atoms with E-state index < -0.39 is 0 Å². The summed E-state index contributed by atoms with van der Waals surface area (Å²) in [4.78, 5) is 0. The number of hydrogen-bond donors (Lipinski definition) is 1. The second-order valence-electron chi connectivity index (χ2n) is 0.156. The Morgan fingerprint density at radius 3 is 2.00 bits per heavy atom. The van der Waals surface area contributed by atoms with Crippen LogP contribution in [0, 0.1) is 0 Å². The summed E-state index contributed by atoms with van der Waals surface area (Å²) in [5.74, 6) is 0. The molecule has 0 bridgehead atoms. The maximum atomic E-state index is 9.16. The molecular formula is H2NaOPS2. The third kappa shape index (κ3) is 10.7. The summed E-state index contributed by atoms with van der Waals surface area (Å²) in [7, 11) is 0.997. The van der Waals surface area contributed by atoms with Crippen LogP contribution in [0.2, 0.25) is 0 Å². The van der Waals surface area contributed by atoms with Crippen molar-refractivity contribution in [1.82, 2.24) is 0 Å². The van der Waals surface area contributed by atoms with Crippen LogP contribution in [0.1, 0.15) is 0 Å². The Balaban J connectivity index is 0. The van der Waals surface area contributed by atoms with Crippen molar-refractivity contribution in [2.24, 2.45) is 0 Å². The predicted molar refractivity (Wildman–Crippen MR) is 31.3 cm³/mol. The third-order valence-corrected chi connectivity index (χ3v) is 0.900. The Morgan fingerprint density at radius 1 is 1.80 bits per heavy atom. The van der Waals surface area contributed by atoms with Gasteiger partial charge in [0.1, 0.15) is 0 Å². The van der Waals surface area contributed by atoms with Gasteiger partial charge in [0.2, 0.25) is 7.66 Å². The zero-order chi connectivity index (χ0) is 3.41. The van der Waals surface area contributed by atoms with Crippen molar-refractivity contribution in [2.75, 3.05) is 0 Å². The Labute approximate surface area is 63.3 Å². The van der Waals surface area contributed by atoms with Gasteiger partial charge >= 0.3 is 29.6 Å². The summed E-state index contributed by atoms with van der Waals surface area (Å²) >= 11 is 3.51. The van der Waals surface area contributed by atoms with E-state index >= 15 is 0 Å². The maximum absolute atomic E-state index is 9.16. The van der Waals surface area contributed by atoms with Crippen molar-refractivity contribution in [3.63, 3.8) is 0 Å². The topological polar surface area (TPSA) is 17.1 Å². The second kappa shape index (κ2) is 9.25. The van der Waals surface area contributed by atoms with E-state index in [9.17, 15) is 0 Å². The van der Waals surface area contributed by atoms with E-state index in [1.165, 1.54) is 0 Å². The fourth-order valence-corrected chi connectivity index (χ4v) is 0. The standard InChI is InChI=1S/Na.HOPS2.H/c;1-2-4-3;/h;3H;. The number of thiol groups is 1. The number of hydrogen-bond acceptors (Lipinski definition) is 3. The van der Waals surface area contributed by atoms with Crippen LogP contribution >= 0.6 is 29.7 Å². The summed E-state index contributed by atoms with van der Waals surface area (Å²) in [6, 6.07) is 0. The molecule has 26 valence electrons. The van der Waals surface area contributed by atoms with Crippen molar-refractivity contribution in [2.45, 2.75) is 0 Å². The molecule has 1 nitrogen and oxygen atoms in total. The summed E-state index contributed by atoms with van der Waals surface area (Å²) in [5.41, 5.74) is 0. The van der Waals surface area contributed by atoms with Crippen molar-refractivity contribution < 1.29 is 4.57 Å². The molecule has 0 heterocycles. The van der Waals surface area contributed by atoms with Crippen LogP contribution < -0.4 is 0 Å². The van der Waals surface area contributed by atoms with Gasteiger partial charge in [-0.25, -0.2) is 0 Å². The normalized spacial score (nSPS) is 6.60. The Hall–Kier alpha value is 1.80. The van der Waals surface area contributed by atoms with Crippen LogP contribution in [-0.2, 0) is 4.57 Å². The Kier molecular flexibility index (Phi) is 18.4. The van der Waals surface area contributed by atoms with Crippen LogP contribution in [0.3, 0.4) is 0 Å². The van der Waals surface area contributed by atoms with Gasteiger partial charge in [0.05, 0.1) is 0 Å². The molecule has 5 heavy (non-hydrogen) atoms. The molecule has 0 atom stereocenters. The Morgan fingerprint density at radius 2 is 2.00 bits per heavy atom. The molecule has 0 aliphatic heterocycles. The molecule has 5 heteroatoms. The molecule has 0 spiro atoms. The van der Waals surface area contributed by atoms with Gasteiger partial charge in [-0.05, 0) is 0 Å². The minimum atomic E-state index is 0. The molecule has 0 saturated carbocycles. The van der Waals surface area contributed by atoms with Crippen LogP contribution in [0.15, 0.2) is 0 Å². The van der Waals surface area contributed by atoms with Crippen LogP contribution in [0.5, 0.6) is 0 Å². The fraction of sp³-hybridized carbons (Fsp3) is 0. The van der Waals surface area contributed by atoms with Crippen LogP contribution in [0.4, 0.5) is 0 Å². The van der Waals surface area contributed by atoms with E-state index in [4.69, 9.17) is 4.57 Å². The van der Waals surface area contributed by atoms with Gasteiger partial charge in [-0.2, -0.15) is 0 Å². The van der Waals surface area contributed by atoms with Crippen molar-refractivity contribution in [3.05, 3.63) is 0 Å². The molecule has 0 aliphatic carbocycles. The summed E-state index contributed by atoms with van der Waals surface area (Å²) in [6.45, 7) is 0. The monoisotopic (exact) mass is 136 g/mol. The minimum absolute atomic E-state index is 0. The first kappa shape index (κ1) is 9.93. The molecule has 0 rings (SSSR count). The molecule has 0 saturated heterocycles. The first-order chi connectivity index (χ1) is 1.91. The second-order valence-corrected chi connectivity index (χ2v) is 2.88. The van der Waals surface area contributed by atoms with Gasteiger partial charge in [0, 0.05) is 10.4 Å². The molecule has 0 N–H and O–H groups in total. The average Bonchev–Trinajstić information content (AvgIpc) is 1.37. The van der Waals surface area contributed by atoms with Crippen LogP contribution in [-0.4, -0.2) is 29.6 Å². The van der Waals surface area contributed by atoms with E-state index in [2.05, 4.69) is 11.7 Å². The zero-order valence-electron chi connectivity index (χ0n) is 1.71. The van der Waals surface area contributed by atoms with E-state index in [1.54, 1.807) is 0 Å². The molecular weight excluding hydrogens is 134 g/mol. The van der Waals surface area contributed by atoms with Crippen molar-refractivity contribution in [3.8, 4) is 0 Å². The van der Waals surface area contributed by atoms with Gasteiger partial charge < -0.3 is 0 Å². The van der Waals surface area contributed by atoms with Gasteiger partial charge in [0.15, 0.2) is 0 Å². The molecule has 0 aliphatic rings. The molecule has 0 unspecified atom stereocenters. The van der Waals surface area contributed by atoms with E-state index in [0.717, 1.165) is 10.4 Å². The van der Waals surface area contributed by atoms with E-state index in [1.807, 2.05) is 0 Å². The summed E-state index contributed by atoms with van der Waals surface area (Å²) < 4.78 is 9.16. The van der Waals surface area contributed by atoms with E-state index in [-0.39, 0.29) is 37.2 Å². The zero-order valence-corrected chi connectivity index (χ0v) is 4.32. The third-order valence-electron chi connectivity index (χ3n) is 0.0333. The average molecular weight is 136 g/mol. The quantitative estimate of drug-likeness (QED) is 0.252. The van der Waals surface area contributed by atoms with Gasteiger partial charge in [-0.15, -0.1) is 0 Å². The van der Waals surface area contributed by atoms with Crippen molar-refractivity contribution >= 4 is 59.3 Å². The first-order valence-electron chi connectivity index (χ1n) is 0.548. The Bertz CT molecular complexity index is 23.6. The van der Waals surface area contributed by atoms with Gasteiger partial charge in [0.25, 0.3) is 0 Å². The summed E-state index contributed by atoms with van der Waals surface area (Å²) in [6.07, 6.45) is 0. The summed E-state index contributed by atoms with van der Waals surface area (Å²) in [5, 5.41) is 0. The predicted octanol–water partition coefficient (Wildman–Crippen LogP) is 1.12. The number of rotatable bonds is 1. The van der Waals surface area contributed by atoms with Gasteiger partial charge in [-0.1, -0.05) is 11.7 Å². The molecule has 0 fully saturated rings. The SMILES string of the molecule is O=PSS.[NaH].